The van der Waals surface area contributed by atoms with Crippen molar-refractivity contribution in [3.8, 4) is 0 Å². The van der Waals surface area contributed by atoms with E-state index < -0.39 is 40.1 Å². The lowest BCUT2D eigenvalue weighted by atomic mass is 10.0. The zero-order valence-corrected chi connectivity index (χ0v) is 18.3. The topological polar surface area (TPSA) is 151 Å². The lowest BCUT2D eigenvalue weighted by molar-refractivity contribution is -0.134. The monoisotopic (exact) mass is 460 g/mol. The summed E-state index contributed by atoms with van der Waals surface area (Å²) in [5.74, 6) is -1.41. The van der Waals surface area contributed by atoms with E-state index in [1.54, 1.807) is 14.1 Å². The number of carbonyl (C=O) groups is 3. The fourth-order valence-corrected chi connectivity index (χ4v) is 3.58. The first-order chi connectivity index (χ1) is 15.1. The fourth-order valence-electron chi connectivity index (χ4n) is 3.07. The molecule has 3 rings (SSSR count). The van der Waals surface area contributed by atoms with Crippen LogP contribution in [0.2, 0.25) is 0 Å². The summed E-state index contributed by atoms with van der Waals surface area (Å²) in [6.07, 6.45) is -1.74. The molecule has 170 valence electrons. The molecule has 1 aliphatic rings. The molecule has 3 amide bonds. The number of amides is 3. The maximum atomic E-state index is 12.6. The highest BCUT2D eigenvalue weighted by Gasteiger charge is 2.51. The van der Waals surface area contributed by atoms with Gasteiger partial charge in [-0.1, -0.05) is 30.3 Å². The lowest BCUT2D eigenvalue weighted by Gasteiger charge is -2.21. The molecule has 4 N–H and O–H groups in total. The van der Waals surface area contributed by atoms with Gasteiger partial charge in [0.1, 0.15) is 6.04 Å². The standard InChI is InChI=1S/C21H24N4O6S/c1-25(2)21(28)16(12-13-6-4-3-5-7-13)24-20(27)18-17(31-18)19(26)23-14-8-10-15(11-9-14)32(22,29)30/h3-11,16-18H,12H2,1-2H3,(H,23,26)(H,24,27)(H2,22,29,30)/t16-,17-,18-/m0/s1. The van der Waals surface area contributed by atoms with Crippen LogP contribution < -0.4 is 15.8 Å². The highest BCUT2D eigenvalue weighted by molar-refractivity contribution is 7.89. The van der Waals surface area contributed by atoms with Gasteiger partial charge < -0.3 is 20.3 Å². The molecule has 2 aromatic rings. The van der Waals surface area contributed by atoms with Crippen molar-refractivity contribution in [2.45, 2.75) is 29.6 Å². The second kappa shape index (κ2) is 9.47. The van der Waals surface area contributed by atoms with Gasteiger partial charge in [0.05, 0.1) is 4.90 Å². The van der Waals surface area contributed by atoms with Crippen molar-refractivity contribution >= 4 is 33.4 Å². The number of nitrogens with one attached hydrogen (secondary N) is 2. The Kier molecular flexibility index (Phi) is 6.92. The van der Waals surface area contributed by atoms with Crippen LogP contribution in [0.15, 0.2) is 59.5 Å². The second-order valence-corrected chi connectivity index (χ2v) is 9.08. The van der Waals surface area contributed by atoms with E-state index in [9.17, 15) is 22.8 Å². The molecule has 0 aromatic heterocycles. The van der Waals surface area contributed by atoms with E-state index in [-0.39, 0.29) is 10.8 Å². The average Bonchev–Trinajstić information content (AvgIpc) is 3.54. The van der Waals surface area contributed by atoms with Crippen LogP contribution in [0.4, 0.5) is 5.69 Å². The van der Waals surface area contributed by atoms with Crippen LogP contribution in [0.25, 0.3) is 0 Å². The molecule has 0 unspecified atom stereocenters. The summed E-state index contributed by atoms with van der Waals surface area (Å²) < 4.78 is 27.8. The number of sulfonamides is 1. The fraction of sp³-hybridized carbons (Fsp3) is 0.286. The minimum Gasteiger partial charge on any atom is -0.349 e. The van der Waals surface area contributed by atoms with Crippen LogP contribution in [0.1, 0.15) is 5.56 Å². The van der Waals surface area contributed by atoms with E-state index in [0.717, 1.165) is 5.56 Å². The molecule has 0 radical (unpaired) electrons. The van der Waals surface area contributed by atoms with Crippen LogP contribution in [0.3, 0.4) is 0 Å². The SMILES string of the molecule is CN(C)C(=O)[C@H](Cc1ccccc1)NC(=O)[C@H]1O[C@@H]1C(=O)Nc1ccc(S(N)(=O)=O)cc1. The molecule has 0 aliphatic carbocycles. The van der Waals surface area contributed by atoms with Crippen molar-refractivity contribution in [1.29, 1.82) is 0 Å². The first kappa shape index (κ1) is 23.4. The summed E-state index contributed by atoms with van der Waals surface area (Å²) in [5.41, 5.74) is 1.20. The van der Waals surface area contributed by atoms with Crippen LogP contribution in [0, 0.1) is 0 Å². The maximum Gasteiger partial charge on any atom is 0.256 e. The van der Waals surface area contributed by atoms with E-state index >= 15 is 0 Å². The van der Waals surface area contributed by atoms with Gasteiger partial charge in [0.2, 0.25) is 15.9 Å². The first-order valence-corrected chi connectivity index (χ1v) is 11.3. The Morgan fingerprint density at radius 1 is 1.00 bits per heavy atom. The average molecular weight is 461 g/mol. The van der Waals surface area contributed by atoms with E-state index in [0.29, 0.717) is 12.1 Å². The van der Waals surface area contributed by atoms with E-state index in [1.807, 2.05) is 30.3 Å². The molecular formula is C21H24N4O6S. The number of anilines is 1. The van der Waals surface area contributed by atoms with Crippen molar-refractivity contribution in [3.05, 3.63) is 60.2 Å². The Bertz CT molecular complexity index is 1100. The number of hydrogen-bond acceptors (Lipinski definition) is 6. The molecular weight excluding hydrogens is 436 g/mol. The molecule has 0 saturated carbocycles. The van der Waals surface area contributed by atoms with Crippen molar-refractivity contribution in [1.82, 2.24) is 10.2 Å². The van der Waals surface area contributed by atoms with Gasteiger partial charge >= 0.3 is 0 Å². The van der Waals surface area contributed by atoms with Crippen molar-refractivity contribution in [2.24, 2.45) is 5.14 Å². The number of ether oxygens (including phenoxy) is 1. The zero-order valence-electron chi connectivity index (χ0n) is 17.5. The molecule has 1 fully saturated rings. The number of nitrogens with two attached hydrogens (primary N) is 1. The number of rotatable bonds is 8. The Labute approximate surface area is 185 Å². The highest BCUT2D eigenvalue weighted by Crippen LogP contribution is 2.25. The van der Waals surface area contributed by atoms with Crippen LogP contribution in [-0.2, 0) is 35.6 Å². The summed E-state index contributed by atoms with van der Waals surface area (Å²) in [7, 11) is -0.651. The summed E-state index contributed by atoms with van der Waals surface area (Å²) in [6.45, 7) is 0. The van der Waals surface area contributed by atoms with E-state index in [1.165, 1.54) is 29.2 Å². The van der Waals surface area contributed by atoms with Crippen LogP contribution in [0.5, 0.6) is 0 Å². The van der Waals surface area contributed by atoms with Crippen LogP contribution in [-0.4, -0.2) is 63.4 Å². The van der Waals surface area contributed by atoms with Gasteiger partial charge in [0, 0.05) is 26.2 Å². The third kappa shape index (κ3) is 5.90. The number of hydrogen-bond donors (Lipinski definition) is 3. The minimum absolute atomic E-state index is 0.0922. The number of carbonyl (C=O) groups excluding carboxylic acids is 3. The molecule has 2 aromatic carbocycles. The normalized spacial score (nSPS) is 18.3. The Hall–Kier alpha value is -3.28. The third-order valence-corrected chi connectivity index (χ3v) is 5.73. The van der Waals surface area contributed by atoms with Gasteiger partial charge in [-0.15, -0.1) is 0 Å². The van der Waals surface area contributed by atoms with Gasteiger partial charge in [0.15, 0.2) is 12.2 Å². The number of nitrogens with zero attached hydrogens (tertiary/aromatic N) is 1. The number of benzene rings is 2. The summed E-state index contributed by atoms with van der Waals surface area (Å²) in [5, 5.41) is 10.3. The molecule has 10 nitrogen and oxygen atoms in total. The lowest BCUT2D eigenvalue weighted by Crippen LogP contribution is -2.49. The minimum atomic E-state index is -3.84. The number of epoxide rings is 1. The third-order valence-electron chi connectivity index (χ3n) is 4.80. The largest absolute Gasteiger partial charge is 0.349 e. The van der Waals surface area contributed by atoms with Crippen molar-refractivity contribution < 1.29 is 27.5 Å². The number of likely N-dealkylation sites (N-methyl/N-ethyl adjacent to an activating group) is 1. The Morgan fingerprint density at radius 2 is 1.59 bits per heavy atom. The second-order valence-electron chi connectivity index (χ2n) is 7.52. The maximum absolute atomic E-state index is 12.6. The van der Waals surface area contributed by atoms with Crippen LogP contribution >= 0.6 is 0 Å². The molecule has 0 bridgehead atoms. The van der Waals surface area contributed by atoms with Gasteiger partial charge in [-0.3, -0.25) is 14.4 Å². The molecule has 11 heteroatoms. The summed E-state index contributed by atoms with van der Waals surface area (Å²) in [4.78, 5) is 38.8. The van der Waals surface area contributed by atoms with Gasteiger partial charge in [-0.2, -0.15) is 0 Å². The molecule has 1 heterocycles. The van der Waals surface area contributed by atoms with E-state index in [4.69, 9.17) is 9.88 Å². The summed E-state index contributed by atoms with van der Waals surface area (Å²) in [6, 6.07) is 13.7. The highest BCUT2D eigenvalue weighted by atomic mass is 32.2. The number of primary sulfonamides is 1. The van der Waals surface area contributed by atoms with E-state index in [2.05, 4.69) is 10.6 Å². The van der Waals surface area contributed by atoms with Gasteiger partial charge in [0.25, 0.3) is 11.8 Å². The van der Waals surface area contributed by atoms with Gasteiger partial charge in [-0.25, -0.2) is 13.6 Å². The van der Waals surface area contributed by atoms with Crippen molar-refractivity contribution in [2.75, 3.05) is 19.4 Å². The quantitative estimate of drug-likeness (QED) is 0.466. The molecule has 1 aliphatic heterocycles. The predicted octanol–water partition coefficient (Wildman–Crippen LogP) is -0.144. The summed E-state index contributed by atoms with van der Waals surface area (Å²) >= 11 is 0. The zero-order chi connectivity index (χ0) is 23.5. The Morgan fingerprint density at radius 3 is 2.16 bits per heavy atom. The molecule has 1 saturated heterocycles. The Balaban J connectivity index is 1.59. The molecule has 32 heavy (non-hydrogen) atoms. The molecule has 0 spiro atoms. The van der Waals surface area contributed by atoms with Crippen molar-refractivity contribution in [3.63, 3.8) is 0 Å². The smallest absolute Gasteiger partial charge is 0.256 e. The first-order valence-electron chi connectivity index (χ1n) is 9.71. The molecule has 3 atom stereocenters. The van der Waals surface area contributed by atoms with Gasteiger partial charge in [-0.05, 0) is 29.8 Å². The predicted molar refractivity (Wildman–Crippen MR) is 116 cm³/mol.